The van der Waals surface area contributed by atoms with Gasteiger partial charge >= 0.3 is 0 Å². The van der Waals surface area contributed by atoms with E-state index in [2.05, 4.69) is 10.3 Å². The number of nitrogens with zero attached hydrogens (tertiary/aromatic N) is 1. The molecule has 2 aromatic rings. The van der Waals surface area contributed by atoms with E-state index in [0.29, 0.717) is 0 Å². The lowest BCUT2D eigenvalue weighted by molar-refractivity contribution is -0.119. The van der Waals surface area contributed by atoms with Crippen LogP contribution in [0.15, 0.2) is 18.3 Å². The first-order chi connectivity index (χ1) is 12.2. The van der Waals surface area contributed by atoms with Crippen molar-refractivity contribution >= 4 is 29.1 Å². The summed E-state index contributed by atoms with van der Waals surface area (Å²) in [4.78, 5) is 27.0. The number of aromatic nitrogens is 1. The van der Waals surface area contributed by atoms with Crippen molar-refractivity contribution in [2.45, 2.75) is 0 Å². The summed E-state index contributed by atoms with van der Waals surface area (Å²) >= 11 is 5.67. The maximum Gasteiger partial charge on any atom is 0.270 e. The molecule has 1 aromatic carbocycles. The third-order valence-electron chi connectivity index (χ3n) is 2.90. The predicted molar refractivity (Wildman–Crippen MR) is 79.6 cm³/mol. The Morgan fingerprint density at radius 3 is 2.15 bits per heavy atom. The molecule has 0 aliphatic heterocycles. The third-order valence-corrected chi connectivity index (χ3v) is 3.14. The maximum atomic E-state index is 13.4. The normalized spacial score (nSPS) is 10.4. The molecule has 26 heavy (non-hydrogen) atoms. The van der Waals surface area contributed by atoms with Gasteiger partial charge in [-0.15, -0.1) is 0 Å². The van der Waals surface area contributed by atoms with Crippen molar-refractivity contribution in [3.63, 3.8) is 0 Å². The zero-order valence-electron chi connectivity index (χ0n) is 12.5. The van der Waals surface area contributed by atoms with E-state index in [-0.39, 0.29) is 10.7 Å². The quantitative estimate of drug-likeness (QED) is 0.314. The van der Waals surface area contributed by atoms with E-state index in [0.717, 1.165) is 0 Å². The molecule has 2 amide bonds. The highest BCUT2D eigenvalue weighted by Gasteiger charge is 2.26. The number of halogens is 6. The highest BCUT2D eigenvalue weighted by atomic mass is 35.5. The van der Waals surface area contributed by atoms with E-state index in [1.165, 1.54) is 18.3 Å². The Morgan fingerprint density at radius 1 is 1.00 bits per heavy atom. The molecule has 0 bridgehead atoms. The van der Waals surface area contributed by atoms with Crippen LogP contribution in [-0.4, -0.2) is 23.3 Å². The lowest BCUT2D eigenvalue weighted by atomic mass is 10.2. The largest absolute Gasteiger partial charge is 0.342 e. The molecule has 0 fully saturated rings. The molecule has 0 radical (unpaired) electrons. The van der Waals surface area contributed by atoms with Gasteiger partial charge in [0.05, 0.1) is 6.54 Å². The van der Waals surface area contributed by atoms with Gasteiger partial charge in [-0.2, -0.15) is 0 Å². The van der Waals surface area contributed by atoms with Gasteiger partial charge in [-0.3, -0.25) is 25.4 Å². The fourth-order valence-corrected chi connectivity index (χ4v) is 1.83. The molecule has 1 heterocycles. The first-order valence-corrected chi connectivity index (χ1v) is 7.06. The Hall–Kier alpha value is -2.95. The van der Waals surface area contributed by atoms with Crippen molar-refractivity contribution in [2.24, 2.45) is 0 Å². The van der Waals surface area contributed by atoms with Crippen LogP contribution in [0.3, 0.4) is 0 Å². The average molecular weight is 395 g/mol. The minimum atomic E-state index is -2.34. The number of carbonyl (C=O) groups excluding carboxylic acids is 2. The van der Waals surface area contributed by atoms with Crippen molar-refractivity contribution in [1.82, 2.24) is 15.7 Å². The SMILES string of the molecule is O=C(CNC(=O)c1cc(Cl)ccn1)NNc1c(F)c(F)c(F)c(F)c1F. The molecule has 138 valence electrons. The summed E-state index contributed by atoms with van der Waals surface area (Å²) in [6.45, 7) is -0.685. The van der Waals surface area contributed by atoms with Crippen molar-refractivity contribution in [3.05, 3.63) is 58.1 Å². The van der Waals surface area contributed by atoms with Crippen LogP contribution < -0.4 is 16.2 Å². The smallest absolute Gasteiger partial charge is 0.270 e. The Balaban J connectivity index is 1.97. The molecule has 12 heteroatoms. The van der Waals surface area contributed by atoms with Gasteiger partial charge in [0.15, 0.2) is 23.3 Å². The number of pyridine rings is 1. The minimum Gasteiger partial charge on any atom is -0.342 e. The molecular weight excluding hydrogens is 387 g/mol. The van der Waals surface area contributed by atoms with Crippen LogP contribution in [0.1, 0.15) is 10.5 Å². The molecule has 0 spiro atoms. The number of hydrogen-bond donors (Lipinski definition) is 3. The number of amides is 2. The summed E-state index contributed by atoms with van der Waals surface area (Å²) in [5.41, 5.74) is 1.72. The second-order valence-corrected chi connectivity index (χ2v) is 5.10. The third kappa shape index (κ3) is 4.17. The summed E-state index contributed by atoms with van der Waals surface area (Å²) in [5, 5.41) is 2.34. The Labute approximate surface area is 147 Å². The van der Waals surface area contributed by atoms with Crippen molar-refractivity contribution < 1.29 is 31.5 Å². The number of benzene rings is 1. The molecule has 0 unspecified atom stereocenters. The van der Waals surface area contributed by atoms with E-state index in [1.807, 2.05) is 0 Å². The van der Waals surface area contributed by atoms with Gasteiger partial charge in [0, 0.05) is 11.2 Å². The topological polar surface area (TPSA) is 83.1 Å². The fraction of sp³-hybridized carbons (Fsp3) is 0.0714. The van der Waals surface area contributed by atoms with E-state index in [1.54, 1.807) is 10.9 Å². The molecule has 0 atom stereocenters. The summed E-state index contributed by atoms with van der Waals surface area (Å²) in [7, 11) is 0. The Kier molecular flexibility index (Phi) is 5.93. The van der Waals surface area contributed by atoms with E-state index in [9.17, 15) is 31.5 Å². The highest BCUT2D eigenvalue weighted by molar-refractivity contribution is 6.30. The van der Waals surface area contributed by atoms with E-state index in [4.69, 9.17) is 11.6 Å². The van der Waals surface area contributed by atoms with Gasteiger partial charge in [0.25, 0.3) is 11.8 Å². The van der Waals surface area contributed by atoms with E-state index >= 15 is 0 Å². The molecule has 0 saturated heterocycles. The van der Waals surface area contributed by atoms with Crippen LogP contribution in [0.25, 0.3) is 0 Å². The number of hydrogen-bond acceptors (Lipinski definition) is 4. The summed E-state index contributed by atoms with van der Waals surface area (Å²) in [5.74, 6) is -12.8. The molecule has 6 nitrogen and oxygen atoms in total. The van der Waals surface area contributed by atoms with Crippen molar-refractivity contribution in [3.8, 4) is 0 Å². The van der Waals surface area contributed by atoms with Crippen LogP contribution in [0, 0.1) is 29.1 Å². The first-order valence-electron chi connectivity index (χ1n) is 6.68. The van der Waals surface area contributed by atoms with Gasteiger partial charge in [-0.05, 0) is 12.1 Å². The first kappa shape index (κ1) is 19.4. The maximum absolute atomic E-state index is 13.4. The van der Waals surface area contributed by atoms with Gasteiger partial charge in [0.2, 0.25) is 5.82 Å². The highest BCUT2D eigenvalue weighted by Crippen LogP contribution is 2.26. The molecule has 0 saturated carbocycles. The van der Waals surface area contributed by atoms with Crippen molar-refractivity contribution in [1.29, 1.82) is 0 Å². The molecular formula is C14H8ClF5N4O2. The summed E-state index contributed by atoms with van der Waals surface area (Å²) < 4.78 is 65.7. The van der Waals surface area contributed by atoms with Crippen LogP contribution in [0.4, 0.5) is 27.6 Å². The monoisotopic (exact) mass is 394 g/mol. The zero-order chi connectivity index (χ0) is 19.4. The molecule has 0 aliphatic rings. The number of nitrogens with one attached hydrogen (secondary N) is 3. The molecule has 3 N–H and O–H groups in total. The summed E-state index contributed by atoms with van der Waals surface area (Å²) in [6, 6.07) is 2.64. The Morgan fingerprint density at radius 2 is 1.58 bits per heavy atom. The molecule has 0 aliphatic carbocycles. The van der Waals surface area contributed by atoms with Crippen molar-refractivity contribution in [2.75, 3.05) is 12.0 Å². The summed E-state index contributed by atoms with van der Waals surface area (Å²) in [6.07, 6.45) is 1.25. The van der Waals surface area contributed by atoms with Gasteiger partial charge in [0.1, 0.15) is 11.4 Å². The Bertz CT molecular complexity index is 852. The second kappa shape index (κ2) is 7.95. The zero-order valence-corrected chi connectivity index (χ0v) is 13.2. The van der Waals surface area contributed by atoms with Gasteiger partial charge < -0.3 is 5.32 Å². The predicted octanol–water partition coefficient (Wildman–Crippen LogP) is 2.30. The molecule has 2 rings (SSSR count). The lowest BCUT2D eigenvalue weighted by Crippen LogP contribution is -2.40. The van der Waals surface area contributed by atoms with Gasteiger partial charge in [-0.25, -0.2) is 22.0 Å². The standard InChI is InChI=1S/C14H8ClF5N4O2/c15-5-1-2-21-6(3-5)14(26)22-4-7(25)23-24-13-11(19)9(17)8(16)10(18)12(13)20/h1-3,24H,4H2,(H,22,26)(H,23,25). The minimum absolute atomic E-state index is 0.0991. The van der Waals surface area contributed by atoms with Crippen LogP contribution in [0.5, 0.6) is 0 Å². The lowest BCUT2D eigenvalue weighted by Gasteiger charge is -2.12. The molecule has 1 aromatic heterocycles. The van der Waals surface area contributed by atoms with E-state index < -0.39 is 53.1 Å². The van der Waals surface area contributed by atoms with Crippen LogP contribution in [-0.2, 0) is 4.79 Å². The number of carbonyl (C=O) groups is 2. The van der Waals surface area contributed by atoms with Crippen LogP contribution >= 0.6 is 11.6 Å². The number of hydrazine groups is 1. The number of rotatable bonds is 5. The van der Waals surface area contributed by atoms with Gasteiger partial charge in [-0.1, -0.05) is 11.6 Å². The van der Waals surface area contributed by atoms with Crippen LogP contribution in [0.2, 0.25) is 5.02 Å². The second-order valence-electron chi connectivity index (χ2n) is 4.66. The number of anilines is 1. The average Bonchev–Trinajstić information content (AvgIpc) is 2.62. The fourth-order valence-electron chi connectivity index (χ4n) is 1.67.